The highest BCUT2D eigenvalue weighted by molar-refractivity contribution is 5.88. The van der Waals surface area contributed by atoms with Crippen LogP contribution in [0.4, 0.5) is 11.5 Å². The Balaban J connectivity index is 1.84. The highest BCUT2D eigenvalue weighted by atomic mass is 16.2. The third-order valence-electron chi connectivity index (χ3n) is 4.02. The lowest BCUT2D eigenvalue weighted by atomic mass is 10.2. The molecule has 3 rings (SSSR count). The number of rotatable bonds is 6. The zero-order valence-electron chi connectivity index (χ0n) is 14.7. The van der Waals surface area contributed by atoms with Gasteiger partial charge in [0.2, 0.25) is 5.91 Å². The fourth-order valence-corrected chi connectivity index (χ4v) is 2.58. The summed E-state index contributed by atoms with van der Waals surface area (Å²) in [5.74, 6) is 0.668. The fraction of sp³-hybridized carbons (Fsp3) is 0.278. The molecule has 1 N–H and O–H groups in total. The number of carbonyl (C=O) groups is 1. The third-order valence-corrected chi connectivity index (χ3v) is 4.02. The van der Waals surface area contributed by atoms with Gasteiger partial charge in [0, 0.05) is 26.2 Å². The number of hydrogen-bond donors (Lipinski definition) is 1. The number of nitrogens with zero attached hydrogens (tertiary/aromatic N) is 6. The van der Waals surface area contributed by atoms with E-state index in [1.807, 2.05) is 24.3 Å². The molecule has 0 fully saturated rings. The molecule has 0 spiro atoms. The van der Waals surface area contributed by atoms with Crippen LogP contribution in [0.15, 0.2) is 36.8 Å². The van der Waals surface area contributed by atoms with Gasteiger partial charge in [-0.25, -0.2) is 14.6 Å². The Kier molecular flexibility index (Phi) is 5.08. The predicted molar refractivity (Wildman–Crippen MR) is 97.4 cm³/mol. The second kappa shape index (κ2) is 7.61. The van der Waals surface area contributed by atoms with Crippen molar-refractivity contribution in [3.63, 3.8) is 0 Å². The average molecular weight is 349 g/mol. The summed E-state index contributed by atoms with van der Waals surface area (Å²) in [4.78, 5) is 21.6. The number of amides is 1. The molecule has 0 saturated carbocycles. The summed E-state index contributed by atoms with van der Waals surface area (Å²) >= 11 is 0. The molecule has 26 heavy (non-hydrogen) atoms. The molecule has 1 amide bonds. The van der Waals surface area contributed by atoms with Gasteiger partial charge in [-0.2, -0.15) is 10.4 Å². The lowest BCUT2D eigenvalue weighted by molar-refractivity contribution is -0.128. The van der Waals surface area contributed by atoms with Crippen LogP contribution in [0.5, 0.6) is 0 Å². The van der Waals surface area contributed by atoms with Gasteiger partial charge in [0.15, 0.2) is 5.65 Å². The van der Waals surface area contributed by atoms with Crippen LogP contribution in [0.1, 0.15) is 18.9 Å². The van der Waals surface area contributed by atoms with Gasteiger partial charge >= 0.3 is 0 Å². The SMILES string of the molecule is CC(=O)N(C)Cc1cccc(Nc2ncnc3c2cnn3CCC#N)c1. The maximum Gasteiger partial charge on any atom is 0.219 e. The minimum absolute atomic E-state index is 0.0191. The van der Waals surface area contributed by atoms with Crippen LogP contribution in [0.3, 0.4) is 0 Å². The van der Waals surface area contributed by atoms with Gasteiger partial charge in [0.05, 0.1) is 30.6 Å². The Morgan fingerprint density at radius 3 is 3.00 bits per heavy atom. The second-order valence-corrected chi connectivity index (χ2v) is 5.94. The molecule has 132 valence electrons. The lowest BCUT2D eigenvalue weighted by Crippen LogP contribution is -2.22. The normalized spacial score (nSPS) is 10.5. The average Bonchev–Trinajstić information content (AvgIpc) is 3.04. The monoisotopic (exact) mass is 349 g/mol. The summed E-state index contributed by atoms with van der Waals surface area (Å²) in [5, 5.41) is 17.1. The summed E-state index contributed by atoms with van der Waals surface area (Å²) in [6.45, 7) is 2.57. The molecule has 2 heterocycles. The van der Waals surface area contributed by atoms with Crippen molar-refractivity contribution < 1.29 is 4.79 Å². The van der Waals surface area contributed by atoms with E-state index < -0.39 is 0 Å². The van der Waals surface area contributed by atoms with Gasteiger partial charge in [-0.05, 0) is 17.7 Å². The van der Waals surface area contributed by atoms with E-state index in [1.165, 1.54) is 6.33 Å². The van der Waals surface area contributed by atoms with Gasteiger partial charge < -0.3 is 10.2 Å². The summed E-state index contributed by atoms with van der Waals surface area (Å²) in [7, 11) is 1.77. The van der Waals surface area contributed by atoms with Crippen LogP contribution >= 0.6 is 0 Å². The van der Waals surface area contributed by atoms with Crippen molar-refractivity contribution in [3.8, 4) is 6.07 Å². The number of nitrogens with one attached hydrogen (secondary N) is 1. The number of nitriles is 1. The standard InChI is InChI=1S/C18H19N7O/c1-13(26)24(2)11-14-5-3-6-15(9-14)23-17-16-10-22-25(8-4-7-19)18(16)21-12-20-17/h3,5-6,9-10,12H,4,8,11H2,1-2H3,(H,20,21,23). The highest BCUT2D eigenvalue weighted by Crippen LogP contribution is 2.23. The van der Waals surface area contributed by atoms with Gasteiger partial charge in [0.25, 0.3) is 0 Å². The van der Waals surface area contributed by atoms with E-state index in [1.54, 1.807) is 29.7 Å². The van der Waals surface area contributed by atoms with E-state index in [9.17, 15) is 4.79 Å². The Hall–Kier alpha value is -3.47. The first-order chi connectivity index (χ1) is 12.6. The number of benzene rings is 1. The van der Waals surface area contributed by atoms with Gasteiger partial charge in [-0.15, -0.1) is 0 Å². The Morgan fingerprint density at radius 2 is 2.23 bits per heavy atom. The number of carbonyl (C=O) groups excluding carboxylic acids is 1. The number of fused-ring (bicyclic) bond motifs is 1. The van der Waals surface area contributed by atoms with Crippen LogP contribution < -0.4 is 5.32 Å². The minimum Gasteiger partial charge on any atom is -0.342 e. The summed E-state index contributed by atoms with van der Waals surface area (Å²) in [5.41, 5.74) is 2.57. The molecule has 0 radical (unpaired) electrons. The van der Waals surface area contributed by atoms with Crippen molar-refractivity contribution in [2.24, 2.45) is 0 Å². The van der Waals surface area contributed by atoms with E-state index in [-0.39, 0.29) is 5.91 Å². The van der Waals surface area contributed by atoms with E-state index in [0.717, 1.165) is 16.6 Å². The first-order valence-electron chi connectivity index (χ1n) is 8.19. The highest BCUT2D eigenvalue weighted by Gasteiger charge is 2.10. The maximum absolute atomic E-state index is 11.4. The molecule has 0 unspecified atom stereocenters. The van der Waals surface area contributed by atoms with E-state index in [0.29, 0.717) is 31.0 Å². The summed E-state index contributed by atoms with van der Waals surface area (Å²) in [6.07, 6.45) is 3.54. The number of anilines is 2. The number of aryl methyl sites for hydroxylation is 1. The maximum atomic E-state index is 11.4. The van der Waals surface area contributed by atoms with Gasteiger partial charge in [0.1, 0.15) is 12.1 Å². The molecule has 3 aromatic rings. The van der Waals surface area contributed by atoms with Crippen molar-refractivity contribution in [1.82, 2.24) is 24.6 Å². The topological polar surface area (TPSA) is 99.7 Å². The van der Waals surface area contributed by atoms with Crippen molar-refractivity contribution in [3.05, 3.63) is 42.4 Å². The van der Waals surface area contributed by atoms with Crippen molar-refractivity contribution in [2.75, 3.05) is 12.4 Å². The molecular weight excluding hydrogens is 330 g/mol. The van der Waals surface area contributed by atoms with E-state index >= 15 is 0 Å². The largest absolute Gasteiger partial charge is 0.342 e. The molecule has 1 aromatic carbocycles. The van der Waals surface area contributed by atoms with Crippen LogP contribution in [-0.4, -0.2) is 37.6 Å². The second-order valence-electron chi connectivity index (χ2n) is 5.94. The quantitative estimate of drug-likeness (QED) is 0.734. The van der Waals surface area contributed by atoms with Crippen molar-refractivity contribution in [1.29, 1.82) is 5.26 Å². The smallest absolute Gasteiger partial charge is 0.219 e. The van der Waals surface area contributed by atoms with E-state index in [2.05, 4.69) is 26.5 Å². The number of hydrogen-bond acceptors (Lipinski definition) is 6. The first kappa shape index (κ1) is 17.4. The van der Waals surface area contributed by atoms with Crippen LogP contribution in [0.25, 0.3) is 11.0 Å². The van der Waals surface area contributed by atoms with Crippen LogP contribution in [0.2, 0.25) is 0 Å². The van der Waals surface area contributed by atoms with Crippen LogP contribution in [-0.2, 0) is 17.9 Å². The first-order valence-corrected chi connectivity index (χ1v) is 8.19. The Morgan fingerprint density at radius 1 is 1.38 bits per heavy atom. The number of aromatic nitrogens is 4. The van der Waals surface area contributed by atoms with Gasteiger partial charge in [-0.3, -0.25) is 4.79 Å². The Bertz CT molecular complexity index is 973. The Labute approximate surface area is 151 Å². The molecule has 0 atom stereocenters. The molecule has 0 aliphatic rings. The van der Waals surface area contributed by atoms with Crippen molar-refractivity contribution in [2.45, 2.75) is 26.4 Å². The van der Waals surface area contributed by atoms with E-state index in [4.69, 9.17) is 5.26 Å². The van der Waals surface area contributed by atoms with Crippen molar-refractivity contribution >= 4 is 28.4 Å². The zero-order valence-corrected chi connectivity index (χ0v) is 14.7. The molecule has 0 saturated heterocycles. The lowest BCUT2D eigenvalue weighted by Gasteiger charge is -2.15. The van der Waals surface area contributed by atoms with Crippen LogP contribution in [0, 0.1) is 11.3 Å². The van der Waals surface area contributed by atoms with Gasteiger partial charge in [-0.1, -0.05) is 12.1 Å². The zero-order chi connectivity index (χ0) is 18.5. The molecule has 8 nitrogen and oxygen atoms in total. The fourth-order valence-electron chi connectivity index (χ4n) is 2.58. The molecule has 0 aliphatic heterocycles. The molecule has 8 heteroatoms. The molecule has 0 bridgehead atoms. The third kappa shape index (κ3) is 3.78. The predicted octanol–water partition coefficient (Wildman–Crippen LogP) is 2.46. The molecule has 0 aliphatic carbocycles. The molecule has 2 aromatic heterocycles. The summed E-state index contributed by atoms with van der Waals surface area (Å²) in [6, 6.07) is 9.93. The molecular formula is C18H19N7O. The minimum atomic E-state index is 0.0191. The summed E-state index contributed by atoms with van der Waals surface area (Å²) < 4.78 is 1.70.